The van der Waals surface area contributed by atoms with Gasteiger partial charge in [0.2, 0.25) is 0 Å². The van der Waals surface area contributed by atoms with Gasteiger partial charge in [-0.25, -0.2) is 9.18 Å². The second kappa shape index (κ2) is 10.8. The van der Waals surface area contributed by atoms with Crippen LogP contribution in [-0.4, -0.2) is 60.3 Å². The Morgan fingerprint density at radius 1 is 1.21 bits per heavy atom. The zero-order valence-corrected chi connectivity index (χ0v) is 22.5. The van der Waals surface area contributed by atoms with Crippen LogP contribution in [0.15, 0.2) is 40.2 Å². The summed E-state index contributed by atoms with van der Waals surface area (Å²) >= 11 is 1.15. The van der Waals surface area contributed by atoms with Crippen LogP contribution in [-0.2, 0) is 11.3 Å². The molecule has 0 spiro atoms. The van der Waals surface area contributed by atoms with Crippen molar-refractivity contribution in [1.29, 1.82) is 0 Å². The minimum Gasteiger partial charge on any atom is -0.496 e. The van der Waals surface area contributed by atoms with Crippen molar-refractivity contribution in [3.63, 3.8) is 0 Å². The Hall–Kier alpha value is -3.39. The molecule has 3 aromatic heterocycles. The number of aliphatic hydroxyl groups excluding tert-OH is 1. The fourth-order valence-electron chi connectivity index (χ4n) is 4.16. The minimum atomic E-state index is -1.22. The monoisotopic (exact) mass is 547 g/mol. The van der Waals surface area contributed by atoms with E-state index >= 15 is 0 Å². The van der Waals surface area contributed by atoms with Crippen LogP contribution in [0, 0.1) is 12.7 Å². The third-order valence-corrected chi connectivity index (χ3v) is 7.33. The molecule has 4 aromatic rings. The van der Waals surface area contributed by atoms with Gasteiger partial charge in [0.05, 0.1) is 56.3 Å². The van der Waals surface area contributed by atoms with Gasteiger partial charge in [-0.2, -0.15) is 10.2 Å². The lowest BCUT2D eigenvalue weighted by Crippen LogP contribution is -2.43. The number of halogens is 1. The topological polar surface area (TPSA) is 134 Å². The van der Waals surface area contributed by atoms with Crippen LogP contribution in [0.1, 0.15) is 44.0 Å². The van der Waals surface area contributed by atoms with E-state index in [1.165, 1.54) is 47.1 Å². The Morgan fingerprint density at radius 3 is 2.50 bits per heavy atom. The molecular formula is C25H30FN5O6S. The van der Waals surface area contributed by atoms with E-state index in [4.69, 9.17) is 9.47 Å². The quantitative estimate of drug-likeness (QED) is 0.309. The van der Waals surface area contributed by atoms with Crippen molar-refractivity contribution in [3.8, 4) is 10.8 Å². The van der Waals surface area contributed by atoms with Crippen LogP contribution in [0.5, 0.6) is 5.75 Å². The molecule has 2 N–H and O–H groups in total. The van der Waals surface area contributed by atoms with Crippen molar-refractivity contribution in [2.24, 2.45) is 0 Å². The fourth-order valence-corrected chi connectivity index (χ4v) is 5.38. The van der Waals surface area contributed by atoms with Gasteiger partial charge in [-0.05, 0) is 45.9 Å². The van der Waals surface area contributed by atoms with Crippen molar-refractivity contribution in [3.05, 3.63) is 68.4 Å². The molecular weight excluding hydrogens is 517 g/mol. The Morgan fingerprint density at radius 2 is 1.89 bits per heavy atom. The lowest BCUT2D eigenvalue weighted by atomic mass is 10.1. The van der Waals surface area contributed by atoms with Crippen molar-refractivity contribution >= 4 is 21.6 Å². The molecule has 38 heavy (non-hydrogen) atoms. The Bertz CT molecular complexity index is 1550. The summed E-state index contributed by atoms with van der Waals surface area (Å²) in [4.78, 5) is 29.0. The predicted molar refractivity (Wildman–Crippen MR) is 140 cm³/mol. The number of methoxy groups -OCH3 is 1. The maximum atomic E-state index is 14.4. The lowest BCUT2D eigenvalue weighted by molar-refractivity contribution is -0.0595. The van der Waals surface area contributed by atoms with Crippen LogP contribution in [0.2, 0.25) is 0 Å². The van der Waals surface area contributed by atoms with Gasteiger partial charge in [0.25, 0.3) is 5.56 Å². The highest BCUT2D eigenvalue weighted by Gasteiger charge is 2.28. The SMILES string of the molecule is COc1ccc(F)cc1[C@H](Cn1c(=O)n([C@H](C)CO)c(=O)c2c(C)c(-n3nccn3)sc21)OCC(C)(C)O. The average Bonchev–Trinajstić information content (AvgIpc) is 3.51. The van der Waals surface area contributed by atoms with Gasteiger partial charge in [0, 0.05) is 11.1 Å². The van der Waals surface area contributed by atoms with E-state index < -0.39 is 41.4 Å². The third kappa shape index (κ3) is 5.27. The summed E-state index contributed by atoms with van der Waals surface area (Å²) in [7, 11) is 1.43. The molecule has 3 heterocycles. The van der Waals surface area contributed by atoms with E-state index in [2.05, 4.69) is 10.2 Å². The summed E-state index contributed by atoms with van der Waals surface area (Å²) in [6.07, 6.45) is 2.05. The number of hydrogen-bond donors (Lipinski definition) is 2. The number of rotatable bonds is 10. The second-order valence-electron chi connectivity index (χ2n) is 9.63. The van der Waals surface area contributed by atoms with Crippen LogP contribution in [0.3, 0.4) is 0 Å². The van der Waals surface area contributed by atoms with Gasteiger partial charge >= 0.3 is 5.69 Å². The van der Waals surface area contributed by atoms with Gasteiger partial charge in [0.1, 0.15) is 27.5 Å². The molecule has 0 bridgehead atoms. The van der Waals surface area contributed by atoms with Crippen molar-refractivity contribution in [1.82, 2.24) is 24.1 Å². The Kier molecular flexibility index (Phi) is 7.83. The molecule has 13 heteroatoms. The zero-order chi connectivity index (χ0) is 27.8. The van der Waals surface area contributed by atoms with E-state index in [0.29, 0.717) is 26.7 Å². The molecule has 11 nitrogen and oxygen atoms in total. The van der Waals surface area contributed by atoms with E-state index in [1.807, 2.05) is 0 Å². The lowest BCUT2D eigenvalue weighted by Gasteiger charge is -2.26. The maximum Gasteiger partial charge on any atom is 0.332 e. The summed E-state index contributed by atoms with van der Waals surface area (Å²) in [5, 5.41) is 29.3. The molecule has 4 rings (SSSR count). The van der Waals surface area contributed by atoms with E-state index in [9.17, 15) is 24.2 Å². The molecule has 0 aliphatic heterocycles. The third-order valence-electron chi connectivity index (χ3n) is 6.05. The summed E-state index contributed by atoms with van der Waals surface area (Å²) in [5.41, 5.74) is -1.55. The smallest absolute Gasteiger partial charge is 0.332 e. The molecule has 0 saturated carbocycles. The molecule has 0 unspecified atom stereocenters. The minimum absolute atomic E-state index is 0.131. The molecule has 0 aliphatic carbocycles. The molecule has 0 saturated heterocycles. The van der Waals surface area contributed by atoms with Gasteiger partial charge in [-0.1, -0.05) is 11.3 Å². The number of hydrogen-bond acceptors (Lipinski definition) is 9. The normalized spacial score (nSPS) is 13.7. The second-order valence-corrected chi connectivity index (χ2v) is 10.6. The summed E-state index contributed by atoms with van der Waals surface area (Å²) in [6, 6.07) is 3.14. The molecule has 204 valence electrons. The number of aromatic nitrogens is 5. The largest absolute Gasteiger partial charge is 0.496 e. The number of nitrogens with zero attached hydrogens (tertiary/aromatic N) is 5. The van der Waals surface area contributed by atoms with Crippen LogP contribution in [0.4, 0.5) is 4.39 Å². The Labute approximate surface area is 221 Å². The Balaban J connectivity index is 1.98. The first-order valence-electron chi connectivity index (χ1n) is 11.9. The van der Waals surface area contributed by atoms with E-state index in [1.54, 1.807) is 27.7 Å². The van der Waals surface area contributed by atoms with Gasteiger partial charge < -0.3 is 19.7 Å². The zero-order valence-electron chi connectivity index (χ0n) is 21.7. The van der Waals surface area contributed by atoms with E-state index in [-0.39, 0.29) is 18.5 Å². The van der Waals surface area contributed by atoms with Gasteiger partial charge in [-0.15, -0.1) is 4.80 Å². The van der Waals surface area contributed by atoms with Crippen molar-refractivity contribution in [2.75, 3.05) is 20.3 Å². The maximum absolute atomic E-state index is 14.4. The fraction of sp³-hybridized carbons (Fsp3) is 0.440. The molecule has 0 amide bonds. The first kappa shape index (κ1) is 27.6. The molecule has 0 aliphatic rings. The van der Waals surface area contributed by atoms with Crippen LogP contribution >= 0.6 is 11.3 Å². The average molecular weight is 548 g/mol. The molecule has 1 aromatic carbocycles. The number of aryl methyl sites for hydroxylation is 1. The van der Waals surface area contributed by atoms with Gasteiger partial charge in [-0.3, -0.25) is 13.9 Å². The number of aliphatic hydroxyl groups is 2. The first-order valence-corrected chi connectivity index (χ1v) is 12.7. The number of fused-ring (bicyclic) bond motifs is 1. The summed E-state index contributed by atoms with van der Waals surface area (Å²) in [6.45, 7) is 5.71. The number of ether oxygens (including phenoxy) is 2. The highest BCUT2D eigenvalue weighted by molar-refractivity contribution is 7.21. The number of benzene rings is 1. The first-order chi connectivity index (χ1) is 18.0. The summed E-state index contributed by atoms with van der Waals surface area (Å²) < 4.78 is 28.2. The molecule has 2 atom stereocenters. The van der Waals surface area contributed by atoms with E-state index in [0.717, 1.165) is 15.9 Å². The molecule has 0 radical (unpaired) electrons. The van der Waals surface area contributed by atoms with Gasteiger partial charge in [0.15, 0.2) is 0 Å². The van der Waals surface area contributed by atoms with Crippen LogP contribution < -0.4 is 16.0 Å². The van der Waals surface area contributed by atoms with Crippen LogP contribution in [0.25, 0.3) is 15.2 Å². The highest BCUT2D eigenvalue weighted by atomic mass is 32.1. The number of thiophene rings is 1. The van der Waals surface area contributed by atoms with Crippen molar-refractivity contribution < 1.29 is 24.1 Å². The molecule has 0 fully saturated rings. The highest BCUT2D eigenvalue weighted by Crippen LogP contribution is 2.34. The standard InChI is InChI=1S/C25H30FN5O6S/c1-14(12-32)30-21(33)20-15(2)22(31-27-8-9-28-31)38-23(20)29(24(30)34)11-19(37-13-25(3,4)35)17-10-16(26)6-7-18(17)36-5/h6-10,14,19,32,35H,11-13H2,1-5H3/t14-,19+/m1/s1. The predicted octanol–water partition coefficient (Wildman–Crippen LogP) is 2.34. The summed E-state index contributed by atoms with van der Waals surface area (Å²) in [5.74, 6) is -0.203. The van der Waals surface area contributed by atoms with Crippen molar-refractivity contribution in [2.45, 2.75) is 52.0 Å².